The highest BCUT2D eigenvalue weighted by Gasteiger charge is 2.13. The van der Waals surface area contributed by atoms with E-state index in [2.05, 4.69) is 15.4 Å². The van der Waals surface area contributed by atoms with E-state index in [1.54, 1.807) is 33.5 Å². The van der Waals surface area contributed by atoms with Crippen molar-refractivity contribution in [2.24, 2.45) is 5.84 Å². The molecule has 1 heterocycles. The normalized spacial score (nSPS) is 10.3. The minimum absolute atomic E-state index is 0.358. The molecule has 0 fully saturated rings. The Labute approximate surface area is 123 Å². The highest BCUT2D eigenvalue weighted by atomic mass is 16.5. The Morgan fingerprint density at radius 3 is 2.52 bits per heavy atom. The summed E-state index contributed by atoms with van der Waals surface area (Å²) >= 11 is 0. The molecule has 0 aliphatic rings. The van der Waals surface area contributed by atoms with Crippen molar-refractivity contribution in [3.05, 3.63) is 30.0 Å². The van der Waals surface area contributed by atoms with Gasteiger partial charge in [-0.1, -0.05) is 0 Å². The Hall–Kier alpha value is -2.38. The standard InChI is InChI=1S/C14H18N4O3/c1-19-8-9-6-13(18-15)17-14(16-9)11-7-10(20-2)4-5-12(11)21-3/h4-7H,8,15H2,1-3H3,(H,16,17,18). The van der Waals surface area contributed by atoms with E-state index in [1.807, 2.05) is 12.1 Å². The number of hydrogen-bond donors (Lipinski definition) is 2. The third-order valence-electron chi connectivity index (χ3n) is 2.87. The molecule has 1 aromatic carbocycles. The van der Waals surface area contributed by atoms with Gasteiger partial charge in [-0.05, 0) is 18.2 Å². The summed E-state index contributed by atoms with van der Waals surface area (Å²) in [5.41, 5.74) is 3.95. The summed E-state index contributed by atoms with van der Waals surface area (Å²) in [5, 5.41) is 0. The fourth-order valence-corrected chi connectivity index (χ4v) is 1.90. The third-order valence-corrected chi connectivity index (χ3v) is 2.87. The number of anilines is 1. The molecule has 1 aromatic heterocycles. The summed E-state index contributed by atoms with van der Waals surface area (Å²) < 4.78 is 15.7. The molecule has 2 aromatic rings. The quantitative estimate of drug-likeness (QED) is 0.616. The highest BCUT2D eigenvalue weighted by molar-refractivity contribution is 5.67. The van der Waals surface area contributed by atoms with Crippen LogP contribution in [0.15, 0.2) is 24.3 Å². The molecule has 7 heteroatoms. The van der Waals surface area contributed by atoms with Crippen LogP contribution < -0.4 is 20.7 Å². The van der Waals surface area contributed by atoms with Crippen molar-refractivity contribution >= 4 is 5.82 Å². The molecule has 0 saturated heterocycles. The van der Waals surface area contributed by atoms with Crippen LogP contribution in [0.25, 0.3) is 11.4 Å². The van der Waals surface area contributed by atoms with Crippen LogP contribution in [0.4, 0.5) is 5.82 Å². The summed E-state index contributed by atoms with van der Waals surface area (Å²) in [5.74, 6) is 7.76. The van der Waals surface area contributed by atoms with E-state index in [0.29, 0.717) is 41.0 Å². The maximum Gasteiger partial charge on any atom is 0.165 e. The van der Waals surface area contributed by atoms with Gasteiger partial charge in [-0.15, -0.1) is 0 Å². The highest BCUT2D eigenvalue weighted by Crippen LogP contribution is 2.32. The van der Waals surface area contributed by atoms with Gasteiger partial charge in [-0.3, -0.25) is 0 Å². The van der Waals surface area contributed by atoms with Gasteiger partial charge in [0, 0.05) is 13.2 Å². The Bertz CT molecular complexity index is 619. The van der Waals surface area contributed by atoms with E-state index in [4.69, 9.17) is 20.1 Å². The molecule has 0 amide bonds. The molecule has 21 heavy (non-hydrogen) atoms. The van der Waals surface area contributed by atoms with Crippen LogP contribution in [-0.2, 0) is 11.3 Å². The molecular weight excluding hydrogens is 272 g/mol. The molecule has 112 valence electrons. The maximum atomic E-state index is 5.45. The predicted octanol–water partition coefficient (Wildman–Crippen LogP) is 1.59. The second-order valence-electron chi connectivity index (χ2n) is 4.21. The molecule has 0 atom stereocenters. The number of aromatic nitrogens is 2. The number of hydrogen-bond acceptors (Lipinski definition) is 7. The number of nitrogens with two attached hydrogens (primary N) is 1. The largest absolute Gasteiger partial charge is 0.497 e. The van der Waals surface area contributed by atoms with Gasteiger partial charge in [0.25, 0.3) is 0 Å². The molecule has 0 radical (unpaired) electrons. The lowest BCUT2D eigenvalue weighted by Gasteiger charge is -2.11. The molecule has 0 bridgehead atoms. The van der Waals surface area contributed by atoms with E-state index >= 15 is 0 Å². The van der Waals surface area contributed by atoms with Gasteiger partial charge in [0.1, 0.15) is 17.3 Å². The lowest BCUT2D eigenvalue weighted by Crippen LogP contribution is -2.11. The van der Waals surface area contributed by atoms with Crippen molar-refractivity contribution in [1.29, 1.82) is 0 Å². The second kappa shape index (κ2) is 6.87. The molecule has 0 unspecified atom stereocenters. The van der Waals surface area contributed by atoms with Gasteiger partial charge in [0.15, 0.2) is 5.82 Å². The van der Waals surface area contributed by atoms with Gasteiger partial charge in [-0.25, -0.2) is 15.8 Å². The van der Waals surface area contributed by atoms with Gasteiger partial charge < -0.3 is 19.6 Å². The van der Waals surface area contributed by atoms with E-state index < -0.39 is 0 Å². The molecule has 3 N–H and O–H groups in total. The van der Waals surface area contributed by atoms with Crippen LogP contribution in [-0.4, -0.2) is 31.3 Å². The molecular formula is C14H18N4O3. The SMILES string of the molecule is COCc1cc(NN)nc(-c2cc(OC)ccc2OC)n1. The average Bonchev–Trinajstić information content (AvgIpc) is 2.54. The zero-order valence-corrected chi connectivity index (χ0v) is 12.2. The Kier molecular flexibility index (Phi) is 4.91. The lowest BCUT2D eigenvalue weighted by molar-refractivity contribution is 0.181. The van der Waals surface area contributed by atoms with Gasteiger partial charge in [0.2, 0.25) is 0 Å². The lowest BCUT2D eigenvalue weighted by atomic mass is 10.1. The number of methoxy groups -OCH3 is 3. The number of rotatable bonds is 6. The summed E-state index contributed by atoms with van der Waals surface area (Å²) in [4.78, 5) is 8.81. The Balaban J connectivity index is 2.56. The molecule has 7 nitrogen and oxygen atoms in total. The van der Waals surface area contributed by atoms with Gasteiger partial charge in [-0.2, -0.15) is 0 Å². The van der Waals surface area contributed by atoms with Crippen molar-refractivity contribution in [2.75, 3.05) is 26.8 Å². The molecule has 0 saturated carbocycles. The number of nitrogens with zero attached hydrogens (tertiary/aromatic N) is 2. The molecule has 2 rings (SSSR count). The zero-order chi connectivity index (χ0) is 15.2. The second-order valence-corrected chi connectivity index (χ2v) is 4.21. The molecule has 0 aliphatic carbocycles. The number of hydrazine groups is 1. The average molecular weight is 290 g/mol. The monoisotopic (exact) mass is 290 g/mol. The van der Waals surface area contributed by atoms with Crippen LogP contribution in [0.3, 0.4) is 0 Å². The Morgan fingerprint density at radius 2 is 1.90 bits per heavy atom. The first-order chi connectivity index (χ1) is 10.2. The third kappa shape index (κ3) is 3.39. The van der Waals surface area contributed by atoms with Crippen LogP contribution in [0, 0.1) is 0 Å². The van der Waals surface area contributed by atoms with E-state index in [-0.39, 0.29) is 0 Å². The van der Waals surface area contributed by atoms with Crippen molar-refractivity contribution in [3.63, 3.8) is 0 Å². The number of benzene rings is 1. The summed E-state index contributed by atoms with van der Waals surface area (Å²) in [7, 11) is 4.79. The molecule has 0 spiro atoms. The molecule has 0 aliphatic heterocycles. The number of nitrogen functional groups attached to an aromatic ring is 1. The Morgan fingerprint density at radius 1 is 1.10 bits per heavy atom. The smallest absolute Gasteiger partial charge is 0.165 e. The van der Waals surface area contributed by atoms with E-state index in [9.17, 15) is 0 Å². The first-order valence-electron chi connectivity index (χ1n) is 6.27. The summed E-state index contributed by atoms with van der Waals surface area (Å²) in [6.45, 7) is 0.358. The minimum atomic E-state index is 0.358. The van der Waals surface area contributed by atoms with Crippen molar-refractivity contribution in [2.45, 2.75) is 6.61 Å². The predicted molar refractivity (Wildman–Crippen MR) is 79.1 cm³/mol. The first-order valence-corrected chi connectivity index (χ1v) is 6.27. The van der Waals surface area contributed by atoms with E-state index in [1.165, 1.54) is 0 Å². The van der Waals surface area contributed by atoms with Crippen molar-refractivity contribution < 1.29 is 14.2 Å². The summed E-state index contributed by atoms with van der Waals surface area (Å²) in [6, 6.07) is 7.14. The van der Waals surface area contributed by atoms with Crippen LogP contribution in [0.2, 0.25) is 0 Å². The van der Waals surface area contributed by atoms with Crippen molar-refractivity contribution in [3.8, 4) is 22.9 Å². The fourth-order valence-electron chi connectivity index (χ4n) is 1.90. The number of ether oxygens (including phenoxy) is 3. The first kappa shape index (κ1) is 15.0. The van der Waals surface area contributed by atoms with E-state index in [0.717, 1.165) is 0 Å². The summed E-state index contributed by atoms with van der Waals surface area (Å²) in [6.07, 6.45) is 0. The van der Waals surface area contributed by atoms with Crippen LogP contribution in [0.1, 0.15) is 5.69 Å². The van der Waals surface area contributed by atoms with Crippen molar-refractivity contribution in [1.82, 2.24) is 9.97 Å². The van der Waals surface area contributed by atoms with Gasteiger partial charge >= 0.3 is 0 Å². The maximum absolute atomic E-state index is 5.45. The number of nitrogens with one attached hydrogen (secondary N) is 1. The van der Waals surface area contributed by atoms with Crippen LogP contribution >= 0.6 is 0 Å². The minimum Gasteiger partial charge on any atom is -0.497 e. The fraction of sp³-hybridized carbons (Fsp3) is 0.286. The van der Waals surface area contributed by atoms with Crippen LogP contribution in [0.5, 0.6) is 11.5 Å². The van der Waals surface area contributed by atoms with Gasteiger partial charge in [0.05, 0.1) is 32.1 Å². The topological polar surface area (TPSA) is 91.5 Å². The zero-order valence-electron chi connectivity index (χ0n) is 12.2.